The van der Waals surface area contributed by atoms with Crippen molar-refractivity contribution in [3.63, 3.8) is 0 Å². The van der Waals surface area contributed by atoms with Gasteiger partial charge in [-0.05, 0) is 13.8 Å². The standard InChI is InChI=1S/C6H7F5O2.H2O/c1-4(2,13)5(7,8)3(12)6(9,10)11;/h13H,1-2H3;1H2. The van der Waals surface area contributed by atoms with Crippen molar-refractivity contribution in [2.24, 2.45) is 0 Å². The average Bonchev–Trinajstić information content (AvgIpc) is 1.81. The highest BCUT2D eigenvalue weighted by molar-refractivity contribution is 5.91. The van der Waals surface area contributed by atoms with Crippen LogP contribution >= 0.6 is 0 Å². The molecule has 0 bridgehead atoms. The van der Waals surface area contributed by atoms with Crippen LogP contribution in [0.1, 0.15) is 13.8 Å². The Bertz CT molecular complexity index is 214. The SMILES string of the molecule is CC(C)(O)C(F)(F)C(=O)C(F)(F)F.O. The van der Waals surface area contributed by atoms with Gasteiger partial charge in [0.2, 0.25) is 0 Å². The Kier molecular flexibility index (Phi) is 4.23. The number of rotatable bonds is 2. The Morgan fingerprint density at radius 1 is 1.07 bits per heavy atom. The summed E-state index contributed by atoms with van der Waals surface area (Å²) in [7, 11) is 0. The quantitative estimate of drug-likeness (QED) is 0.701. The van der Waals surface area contributed by atoms with Gasteiger partial charge in [-0.15, -0.1) is 0 Å². The topological polar surface area (TPSA) is 68.8 Å². The maximum Gasteiger partial charge on any atom is 0.456 e. The Morgan fingerprint density at radius 3 is 1.43 bits per heavy atom. The van der Waals surface area contributed by atoms with Crippen LogP contribution < -0.4 is 0 Å². The van der Waals surface area contributed by atoms with Gasteiger partial charge in [0.1, 0.15) is 5.60 Å². The highest BCUT2D eigenvalue weighted by Crippen LogP contribution is 2.35. The highest BCUT2D eigenvalue weighted by Gasteiger charge is 2.62. The van der Waals surface area contributed by atoms with E-state index in [1.54, 1.807) is 0 Å². The first-order chi connectivity index (χ1) is 5.40. The van der Waals surface area contributed by atoms with E-state index in [0.29, 0.717) is 13.8 Å². The Labute approximate surface area is 75.8 Å². The lowest BCUT2D eigenvalue weighted by Crippen LogP contribution is -2.53. The molecule has 3 nitrogen and oxygen atoms in total. The van der Waals surface area contributed by atoms with Gasteiger partial charge in [0.25, 0.3) is 0 Å². The van der Waals surface area contributed by atoms with Gasteiger partial charge in [0, 0.05) is 0 Å². The number of hydrogen-bond acceptors (Lipinski definition) is 2. The van der Waals surface area contributed by atoms with E-state index in [2.05, 4.69) is 0 Å². The van der Waals surface area contributed by atoms with Gasteiger partial charge in [0.15, 0.2) is 0 Å². The highest BCUT2D eigenvalue weighted by atomic mass is 19.4. The Balaban J connectivity index is 0. The number of halogens is 5. The molecule has 3 N–H and O–H groups in total. The van der Waals surface area contributed by atoms with Crippen molar-refractivity contribution < 1.29 is 37.3 Å². The lowest BCUT2D eigenvalue weighted by atomic mass is 9.96. The molecular weight excluding hydrogens is 215 g/mol. The van der Waals surface area contributed by atoms with Crippen molar-refractivity contribution in [1.82, 2.24) is 0 Å². The summed E-state index contributed by atoms with van der Waals surface area (Å²) < 4.78 is 59.6. The molecule has 0 radical (unpaired) electrons. The molecule has 0 saturated heterocycles. The fraction of sp³-hybridized carbons (Fsp3) is 0.833. The molecule has 8 heteroatoms. The van der Waals surface area contributed by atoms with Crippen molar-refractivity contribution in [2.45, 2.75) is 31.5 Å². The predicted octanol–water partition coefficient (Wildman–Crippen LogP) is 0.699. The van der Waals surface area contributed by atoms with E-state index >= 15 is 0 Å². The summed E-state index contributed by atoms with van der Waals surface area (Å²) in [5.41, 5.74) is -3.03. The van der Waals surface area contributed by atoms with Crippen LogP contribution in [-0.2, 0) is 4.79 Å². The van der Waals surface area contributed by atoms with Crippen molar-refractivity contribution in [2.75, 3.05) is 0 Å². The fourth-order valence-corrected chi connectivity index (χ4v) is 0.456. The van der Waals surface area contributed by atoms with E-state index in [1.807, 2.05) is 0 Å². The number of carbonyl (C=O) groups excluding carboxylic acids is 1. The van der Waals surface area contributed by atoms with Gasteiger partial charge in [-0.2, -0.15) is 22.0 Å². The zero-order valence-corrected chi connectivity index (χ0v) is 7.25. The summed E-state index contributed by atoms with van der Waals surface area (Å²) in [6.45, 7) is 0.854. The van der Waals surface area contributed by atoms with E-state index in [9.17, 15) is 26.7 Å². The van der Waals surface area contributed by atoms with Crippen LogP contribution in [-0.4, -0.2) is 34.1 Å². The second-order valence-corrected chi connectivity index (χ2v) is 2.96. The minimum Gasteiger partial charge on any atom is -0.412 e. The maximum absolute atomic E-state index is 12.5. The number of alkyl halides is 5. The van der Waals surface area contributed by atoms with Gasteiger partial charge in [-0.25, -0.2) is 0 Å². The van der Waals surface area contributed by atoms with Gasteiger partial charge < -0.3 is 10.6 Å². The van der Waals surface area contributed by atoms with E-state index in [1.165, 1.54) is 0 Å². The molecule has 0 aromatic rings. The molecule has 0 amide bonds. The van der Waals surface area contributed by atoms with Gasteiger partial charge in [-0.1, -0.05) is 0 Å². The summed E-state index contributed by atoms with van der Waals surface area (Å²) in [5, 5.41) is 8.61. The molecule has 86 valence electrons. The zero-order valence-electron chi connectivity index (χ0n) is 7.25. The third kappa shape index (κ3) is 2.88. The van der Waals surface area contributed by atoms with E-state index < -0.39 is 23.5 Å². The van der Waals surface area contributed by atoms with Crippen LogP contribution in [0.3, 0.4) is 0 Å². The van der Waals surface area contributed by atoms with Crippen LogP contribution in [0.4, 0.5) is 22.0 Å². The number of hydrogen-bond donors (Lipinski definition) is 1. The number of Topliss-reactive ketones (excluding diaryl/α,β-unsaturated/α-hetero) is 1. The molecule has 0 fully saturated rings. The van der Waals surface area contributed by atoms with E-state index in [-0.39, 0.29) is 5.48 Å². The number of carbonyl (C=O) groups is 1. The number of ketones is 1. The second-order valence-electron chi connectivity index (χ2n) is 2.96. The second kappa shape index (κ2) is 3.77. The molecule has 0 spiro atoms. The normalized spacial score (nSPS) is 13.4. The summed E-state index contributed by atoms with van der Waals surface area (Å²) in [5.74, 6) is -8.07. The molecule has 0 aromatic carbocycles. The van der Waals surface area contributed by atoms with Crippen LogP contribution in [0, 0.1) is 0 Å². The maximum atomic E-state index is 12.5. The summed E-state index contributed by atoms with van der Waals surface area (Å²) in [6, 6.07) is 0. The third-order valence-corrected chi connectivity index (χ3v) is 1.31. The predicted molar refractivity (Wildman–Crippen MR) is 35.9 cm³/mol. The summed E-state index contributed by atoms with van der Waals surface area (Å²) in [4.78, 5) is 10.1. The van der Waals surface area contributed by atoms with Crippen LogP contribution in [0.25, 0.3) is 0 Å². The first kappa shape index (κ1) is 15.7. The van der Waals surface area contributed by atoms with Crippen molar-refractivity contribution in [3.8, 4) is 0 Å². The van der Waals surface area contributed by atoms with Gasteiger partial charge in [-0.3, -0.25) is 4.79 Å². The molecule has 0 aromatic heterocycles. The smallest absolute Gasteiger partial charge is 0.412 e. The number of aliphatic hydroxyl groups is 1. The molecular formula is C6H9F5O3. The monoisotopic (exact) mass is 224 g/mol. The third-order valence-electron chi connectivity index (χ3n) is 1.31. The van der Waals surface area contributed by atoms with Crippen LogP contribution in [0.5, 0.6) is 0 Å². The zero-order chi connectivity index (χ0) is 11.1. The Hall–Kier alpha value is -0.760. The van der Waals surface area contributed by atoms with E-state index in [4.69, 9.17) is 5.11 Å². The molecule has 0 unspecified atom stereocenters. The van der Waals surface area contributed by atoms with Crippen LogP contribution in [0.2, 0.25) is 0 Å². The van der Waals surface area contributed by atoms with Crippen molar-refractivity contribution in [1.29, 1.82) is 0 Å². The van der Waals surface area contributed by atoms with Crippen molar-refractivity contribution in [3.05, 3.63) is 0 Å². The average molecular weight is 224 g/mol. The summed E-state index contributed by atoms with van der Waals surface area (Å²) in [6.07, 6.45) is -5.65. The summed E-state index contributed by atoms with van der Waals surface area (Å²) >= 11 is 0. The van der Waals surface area contributed by atoms with Crippen molar-refractivity contribution >= 4 is 5.78 Å². The molecule has 0 aliphatic heterocycles. The molecule has 0 rings (SSSR count). The fourth-order valence-electron chi connectivity index (χ4n) is 0.456. The lowest BCUT2D eigenvalue weighted by Gasteiger charge is -2.27. The molecule has 14 heavy (non-hydrogen) atoms. The molecule has 0 saturated carbocycles. The van der Waals surface area contributed by atoms with Gasteiger partial charge >= 0.3 is 17.9 Å². The largest absolute Gasteiger partial charge is 0.456 e. The minimum absolute atomic E-state index is 0. The Morgan fingerprint density at radius 2 is 1.36 bits per heavy atom. The van der Waals surface area contributed by atoms with E-state index in [0.717, 1.165) is 0 Å². The van der Waals surface area contributed by atoms with Crippen LogP contribution in [0.15, 0.2) is 0 Å². The minimum atomic E-state index is -5.65. The molecule has 0 atom stereocenters. The molecule has 0 aliphatic carbocycles. The first-order valence-corrected chi connectivity index (χ1v) is 3.12. The molecule has 0 heterocycles. The molecule has 0 aliphatic rings. The first-order valence-electron chi connectivity index (χ1n) is 3.12. The lowest BCUT2D eigenvalue weighted by molar-refractivity contribution is -0.221. The van der Waals surface area contributed by atoms with Gasteiger partial charge in [0.05, 0.1) is 0 Å².